The molecule has 20 heavy (non-hydrogen) atoms. The summed E-state index contributed by atoms with van der Waals surface area (Å²) in [4.78, 5) is 22.3. The van der Waals surface area contributed by atoms with Crippen LogP contribution in [0, 0.1) is 5.41 Å². The number of carboxylic acids is 1. The van der Waals surface area contributed by atoms with Gasteiger partial charge in [-0.25, -0.2) is 0 Å². The number of esters is 1. The molecule has 0 saturated heterocycles. The third-order valence-electron chi connectivity index (χ3n) is 3.26. The highest BCUT2D eigenvalue weighted by Crippen LogP contribution is 2.25. The number of hydrogen-bond donors (Lipinski definition) is 1. The van der Waals surface area contributed by atoms with Gasteiger partial charge in [-0.1, -0.05) is 59.3 Å². The van der Waals surface area contributed by atoms with Gasteiger partial charge in [0, 0.05) is 0 Å². The van der Waals surface area contributed by atoms with Crippen LogP contribution in [0.2, 0.25) is 0 Å². The summed E-state index contributed by atoms with van der Waals surface area (Å²) < 4.78 is 5.16. The van der Waals surface area contributed by atoms with E-state index in [9.17, 15) is 9.59 Å². The molecule has 0 spiro atoms. The van der Waals surface area contributed by atoms with E-state index in [1.165, 1.54) is 32.1 Å². The summed E-state index contributed by atoms with van der Waals surface area (Å²) in [5.41, 5.74) is -0.539. The van der Waals surface area contributed by atoms with Crippen molar-refractivity contribution in [3.63, 3.8) is 0 Å². The Hall–Kier alpha value is -1.06. The molecular weight excluding hydrogens is 256 g/mol. The predicted octanol–water partition coefficient (Wildman–Crippen LogP) is 4.17. The largest absolute Gasteiger partial charge is 0.481 e. The highest BCUT2D eigenvalue weighted by molar-refractivity contribution is 5.73. The van der Waals surface area contributed by atoms with Gasteiger partial charge < -0.3 is 9.84 Å². The quantitative estimate of drug-likeness (QED) is 0.432. The lowest BCUT2D eigenvalue weighted by Crippen LogP contribution is -2.22. The van der Waals surface area contributed by atoms with E-state index in [4.69, 9.17) is 9.84 Å². The average molecular weight is 286 g/mol. The molecule has 0 aliphatic heterocycles. The Kier molecular flexibility index (Phi) is 10.1. The molecule has 0 bridgehead atoms. The van der Waals surface area contributed by atoms with Crippen LogP contribution < -0.4 is 0 Å². The summed E-state index contributed by atoms with van der Waals surface area (Å²) in [6, 6.07) is 0. The molecule has 4 nitrogen and oxygen atoms in total. The summed E-state index contributed by atoms with van der Waals surface area (Å²) in [5.74, 6) is -1.17. The average Bonchev–Trinajstić information content (AvgIpc) is 2.30. The van der Waals surface area contributed by atoms with Crippen LogP contribution in [0.1, 0.15) is 78.6 Å². The number of carbonyl (C=O) groups is 2. The lowest BCUT2D eigenvalue weighted by atomic mass is 9.86. The van der Waals surface area contributed by atoms with E-state index < -0.39 is 11.4 Å². The minimum Gasteiger partial charge on any atom is -0.481 e. The van der Waals surface area contributed by atoms with Crippen LogP contribution in [0.25, 0.3) is 0 Å². The molecule has 0 aromatic heterocycles. The van der Waals surface area contributed by atoms with E-state index in [0.717, 1.165) is 12.8 Å². The second kappa shape index (κ2) is 10.7. The number of hydrogen-bond acceptors (Lipinski definition) is 3. The van der Waals surface area contributed by atoms with E-state index in [1.807, 2.05) is 0 Å². The van der Waals surface area contributed by atoms with Crippen molar-refractivity contribution in [2.45, 2.75) is 78.6 Å². The SMILES string of the molecule is CCCCCCCCCOC(=O)CC(C)(C)CC(=O)O. The zero-order chi connectivity index (χ0) is 15.4. The molecule has 0 aromatic rings. The fraction of sp³-hybridized carbons (Fsp3) is 0.875. The topological polar surface area (TPSA) is 63.6 Å². The van der Waals surface area contributed by atoms with Gasteiger partial charge >= 0.3 is 11.9 Å². The fourth-order valence-electron chi connectivity index (χ4n) is 2.16. The molecule has 0 aliphatic rings. The first kappa shape index (κ1) is 18.9. The number of carboxylic acid groups (broad SMARTS) is 1. The van der Waals surface area contributed by atoms with Gasteiger partial charge in [-0.05, 0) is 11.8 Å². The van der Waals surface area contributed by atoms with Crippen LogP contribution >= 0.6 is 0 Å². The first-order chi connectivity index (χ1) is 9.37. The molecule has 0 heterocycles. The van der Waals surface area contributed by atoms with Crippen LogP contribution in [-0.2, 0) is 14.3 Å². The van der Waals surface area contributed by atoms with E-state index in [-0.39, 0.29) is 18.8 Å². The first-order valence-corrected chi connectivity index (χ1v) is 7.75. The molecule has 0 rings (SSSR count). The number of carbonyl (C=O) groups excluding carboxylic acids is 1. The number of rotatable bonds is 12. The third-order valence-corrected chi connectivity index (χ3v) is 3.26. The van der Waals surface area contributed by atoms with Gasteiger partial charge in [-0.3, -0.25) is 9.59 Å². The van der Waals surface area contributed by atoms with E-state index in [0.29, 0.717) is 6.61 Å². The lowest BCUT2D eigenvalue weighted by Gasteiger charge is -2.20. The van der Waals surface area contributed by atoms with Crippen LogP contribution in [0.5, 0.6) is 0 Å². The molecule has 0 fully saturated rings. The van der Waals surface area contributed by atoms with E-state index in [2.05, 4.69) is 6.92 Å². The van der Waals surface area contributed by atoms with Crippen molar-refractivity contribution >= 4 is 11.9 Å². The molecule has 4 heteroatoms. The minimum absolute atomic E-state index is 0.0144. The van der Waals surface area contributed by atoms with Gasteiger partial charge in [0.1, 0.15) is 0 Å². The van der Waals surface area contributed by atoms with Crippen molar-refractivity contribution in [2.24, 2.45) is 5.41 Å². The minimum atomic E-state index is -0.880. The van der Waals surface area contributed by atoms with Gasteiger partial charge in [0.05, 0.1) is 19.4 Å². The van der Waals surface area contributed by atoms with Crippen molar-refractivity contribution in [3.05, 3.63) is 0 Å². The monoisotopic (exact) mass is 286 g/mol. The van der Waals surface area contributed by atoms with Gasteiger partial charge in [-0.15, -0.1) is 0 Å². The summed E-state index contributed by atoms with van der Waals surface area (Å²) >= 11 is 0. The van der Waals surface area contributed by atoms with Crippen molar-refractivity contribution in [1.29, 1.82) is 0 Å². The molecule has 1 N–H and O–H groups in total. The molecule has 118 valence electrons. The zero-order valence-corrected chi connectivity index (χ0v) is 13.2. The molecule has 0 unspecified atom stereocenters. The smallest absolute Gasteiger partial charge is 0.306 e. The van der Waals surface area contributed by atoms with Gasteiger partial charge in [0.15, 0.2) is 0 Å². The van der Waals surface area contributed by atoms with Crippen molar-refractivity contribution in [3.8, 4) is 0 Å². The number of aliphatic carboxylic acids is 1. The Bertz CT molecular complexity index is 284. The maximum atomic E-state index is 11.6. The molecule has 0 aromatic carbocycles. The predicted molar refractivity (Wildman–Crippen MR) is 79.6 cm³/mol. The number of unbranched alkanes of at least 4 members (excludes halogenated alkanes) is 6. The molecule has 0 radical (unpaired) electrons. The van der Waals surface area contributed by atoms with Crippen LogP contribution in [-0.4, -0.2) is 23.7 Å². The second-order valence-corrected chi connectivity index (χ2v) is 6.25. The Labute approximate surface area is 122 Å². The van der Waals surface area contributed by atoms with Crippen LogP contribution in [0.4, 0.5) is 0 Å². The first-order valence-electron chi connectivity index (χ1n) is 7.75. The molecular formula is C16H30O4. The molecule has 0 saturated carbocycles. The van der Waals surface area contributed by atoms with Crippen LogP contribution in [0.15, 0.2) is 0 Å². The highest BCUT2D eigenvalue weighted by Gasteiger charge is 2.25. The standard InChI is InChI=1S/C16H30O4/c1-4-5-6-7-8-9-10-11-20-15(19)13-16(2,3)12-14(17)18/h4-13H2,1-3H3,(H,17,18). The Morgan fingerprint density at radius 2 is 1.50 bits per heavy atom. The maximum Gasteiger partial charge on any atom is 0.306 e. The zero-order valence-electron chi connectivity index (χ0n) is 13.2. The normalized spacial score (nSPS) is 11.3. The van der Waals surface area contributed by atoms with E-state index in [1.54, 1.807) is 13.8 Å². The highest BCUT2D eigenvalue weighted by atomic mass is 16.5. The Morgan fingerprint density at radius 1 is 0.950 bits per heavy atom. The van der Waals surface area contributed by atoms with Gasteiger partial charge in [0.2, 0.25) is 0 Å². The summed E-state index contributed by atoms with van der Waals surface area (Å²) in [5, 5.41) is 8.74. The third kappa shape index (κ3) is 12.0. The van der Waals surface area contributed by atoms with Gasteiger partial charge in [0.25, 0.3) is 0 Å². The Morgan fingerprint density at radius 3 is 2.05 bits per heavy atom. The molecule has 0 aliphatic carbocycles. The summed E-state index contributed by atoms with van der Waals surface area (Å²) in [7, 11) is 0. The molecule has 0 atom stereocenters. The van der Waals surface area contributed by atoms with Crippen molar-refractivity contribution in [2.75, 3.05) is 6.61 Å². The Balaban J connectivity index is 3.56. The lowest BCUT2D eigenvalue weighted by molar-refractivity contribution is -0.147. The summed E-state index contributed by atoms with van der Waals surface area (Å²) in [6.07, 6.45) is 8.44. The van der Waals surface area contributed by atoms with Crippen LogP contribution in [0.3, 0.4) is 0 Å². The second-order valence-electron chi connectivity index (χ2n) is 6.25. The fourth-order valence-corrected chi connectivity index (χ4v) is 2.16. The van der Waals surface area contributed by atoms with E-state index >= 15 is 0 Å². The number of ether oxygens (including phenoxy) is 1. The van der Waals surface area contributed by atoms with Crippen molar-refractivity contribution in [1.82, 2.24) is 0 Å². The maximum absolute atomic E-state index is 11.6. The summed E-state index contributed by atoms with van der Waals surface area (Å²) in [6.45, 7) is 6.20. The molecule has 0 amide bonds. The van der Waals surface area contributed by atoms with Gasteiger partial charge in [-0.2, -0.15) is 0 Å². The van der Waals surface area contributed by atoms with Crippen molar-refractivity contribution < 1.29 is 19.4 Å².